The number of rotatable bonds is 5. The zero-order valence-electron chi connectivity index (χ0n) is 37.5. The second-order valence-corrected chi connectivity index (χ2v) is 19.8. The quantitative estimate of drug-likeness (QED) is 0.156. The average Bonchev–Trinajstić information content (AvgIpc) is 4.05. The lowest BCUT2D eigenvalue weighted by Crippen LogP contribution is -2.25. The first-order valence-corrected chi connectivity index (χ1v) is 24.7. The monoisotopic (exact) mass is 891 g/mol. The first kappa shape index (κ1) is 38.5. The topological polar surface area (TPSA) is 3.24 Å². The number of hydrogen-bond donors (Lipinski definition) is 0. The lowest BCUT2D eigenvalue weighted by molar-refractivity contribution is 0.794. The molecule has 2 heteroatoms. The highest BCUT2D eigenvalue weighted by Gasteiger charge is 2.51. The van der Waals surface area contributed by atoms with E-state index in [1.165, 1.54) is 119 Å². The van der Waals surface area contributed by atoms with Gasteiger partial charge in [0.15, 0.2) is 0 Å². The molecule has 0 N–H and O–H groups in total. The molecule has 13 aromatic rings. The normalized spacial score (nSPS) is 13.0. The van der Waals surface area contributed by atoms with E-state index in [1.54, 1.807) is 0 Å². The summed E-state index contributed by atoms with van der Waals surface area (Å²) in [5.74, 6) is 0. The molecule has 0 fully saturated rings. The van der Waals surface area contributed by atoms with Crippen molar-refractivity contribution in [3.05, 3.63) is 271 Å². The van der Waals surface area contributed by atoms with Crippen LogP contribution in [0.15, 0.2) is 249 Å². The number of hydrogen-bond acceptors (Lipinski definition) is 2. The largest absolute Gasteiger partial charge is 0.310 e. The molecule has 320 valence electrons. The summed E-state index contributed by atoms with van der Waals surface area (Å²) >= 11 is 1.87. The molecule has 0 bridgehead atoms. The summed E-state index contributed by atoms with van der Waals surface area (Å²) < 4.78 is 2.66. The van der Waals surface area contributed by atoms with E-state index in [2.05, 4.69) is 254 Å². The third-order valence-corrected chi connectivity index (χ3v) is 16.4. The second kappa shape index (κ2) is 14.7. The molecule has 0 aliphatic heterocycles. The minimum atomic E-state index is -0.398. The molecule has 1 heterocycles. The number of fused-ring (bicyclic) bond motifs is 19. The van der Waals surface area contributed by atoms with E-state index < -0.39 is 5.41 Å². The molecular formula is C67H41NS. The fourth-order valence-electron chi connectivity index (χ4n) is 12.3. The summed E-state index contributed by atoms with van der Waals surface area (Å²) in [6.07, 6.45) is 0. The van der Waals surface area contributed by atoms with E-state index in [0.29, 0.717) is 0 Å². The lowest BCUT2D eigenvalue weighted by atomic mass is 9.70. The maximum atomic E-state index is 2.47. The van der Waals surface area contributed by atoms with Crippen molar-refractivity contribution in [3.8, 4) is 44.5 Å². The van der Waals surface area contributed by atoms with Crippen LogP contribution in [0, 0.1) is 0 Å². The minimum Gasteiger partial charge on any atom is -0.310 e. The zero-order valence-corrected chi connectivity index (χ0v) is 38.3. The van der Waals surface area contributed by atoms with Crippen LogP contribution in [0.3, 0.4) is 0 Å². The van der Waals surface area contributed by atoms with E-state index in [0.717, 1.165) is 17.1 Å². The number of thiophene rings is 1. The van der Waals surface area contributed by atoms with Gasteiger partial charge in [-0.3, -0.25) is 0 Å². The zero-order chi connectivity index (χ0) is 45.2. The van der Waals surface area contributed by atoms with Gasteiger partial charge in [0.2, 0.25) is 0 Å². The van der Waals surface area contributed by atoms with Gasteiger partial charge in [-0.15, -0.1) is 11.3 Å². The number of benzene rings is 12. The molecule has 1 spiro atoms. The van der Waals surface area contributed by atoms with E-state index in [4.69, 9.17) is 0 Å². The van der Waals surface area contributed by atoms with Crippen molar-refractivity contribution in [2.24, 2.45) is 0 Å². The lowest BCUT2D eigenvalue weighted by Gasteiger charge is -2.31. The summed E-state index contributed by atoms with van der Waals surface area (Å²) in [5.41, 5.74) is 18.4. The van der Waals surface area contributed by atoms with Crippen molar-refractivity contribution in [1.82, 2.24) is 0 Å². The third-order valence-electron chi connectivity index (χ3n) is 15.3. The van der Waals surface area contributed by atoms with Gasteiger partial charge in [-0.2, -0.15) is 0 Å². The summed E-state index contributed by atoms with van der Waals surface area (Å²) in [7, 11) is 0. The van der Waals surface area contributed by atoms with Gasteiger partial charge in [0, 0.05) is 37.2 Å². The average molecular weight is 892 g/mol. The van der Waals surface area contributed by atoms with Crippen LogP contribution in [0.1, 0.15) is 22.3 Å². The molecule has 0 amide bonds. The molecule has 1 aromatic heterocycles. The Balaban J connectivity index is 0.903. The number of anilines is 3. The van der Waals surface area contributed by atoms with Gasteiger partial charge in [0.25, 0.3) is 0 Å². The van der Waals surface area contributed by atoms with Crippen LogP contribution >= 0.6 is 11.3 Å². The van der Waals surface area contributed by atoms with Gasteiger partial charge in [-0.25, -0.2) is 0 Å². The van der Waals surface area contributed by atoms with Crippen molar-refractivity contribution < 1.29 is 0 Å². The summed E-state index contributed by atoms with van der Waals surface area (Å²) in [6, 6.07) is 93.1. The van der Waals surface area contributed by atoms with Gasteiger partial charge in [0.05, 0.1) is 5.41 Å². The van der Waals surface area contributed by atoms with Crippen LogP contribution in [0.4, 0.5) is 17.1 Å². The van der Waals surface area contributed by atoms with Crippen LogP contribution < -0.4 is 4.90 Å². The standard InChI is InChI=1S/C67H41NS/c1-2-18-51-49(16-1)50-17-3-4-19-52(50)58-40-47(33-35-53(51)58)68(46-31-28-42(29-32-46)43-14-13-15-44(38-43)45-30-37-66-60(39-45)57-23-8-12-27-65(57)69-66)48-34-36-64-59(41-48)56-22-7-11-26-63(56)67(64)61-24-9-5-20-54(61)55-21-6-10-25-62(55)67/h1-41H. The molecule has 0 saturated carbocycles. The van der Waals surface area contributed by atoms with Crippen LogP contribution in [0.25, 0.3) is 97.0 Å². The van der Waals surface area contributed by atoms with Crippen molar-refractivity contribution in [2.45, 2.75) is 5.41 Å². The molecule has 15 rings (SSSR count). The van der Waals surface area contributed by atoms with Crippen molar-refractivity contribution >= 4 is 80.9 Å². The molecule has 1 nitrogen and oxygen atoms in total. The highest BCUT2D eigenvalue weighted by atomic mass is 32.1. The van der Waals surface area contributed by atoms with Gasteiger partial charge < -0.3 is 4.90 Å². The second-order valence-electron chi connectivity index (χ2n) is 18.7. The van der Waals surface area contributed by atoms with E-state index >= 15 is 0 Å². The van der Waals surface area contributed by atoms with E-state index in [1.807, 2.05) is 11.3 Å². The summed E-state index contributed by atoms with van der Waals surface area (Å²) in [6.45, 7) is 0. The van der Waals surface area contributed by atoms with Crippen molar-refractivity contribution in [1.29, 1.82) is 0 Å². The molecule has 0 radical (unpaired) electrons. The predicted molar refractivity (Wildman–Crippen MR) is 294 cm³/mol. The van der Waals surface area contributed by atoms with Crippen LogP contribution in [0.2, 0.25) is 0 Å². The van der Waals surface area contributed by atoms with Gasteiger partial charge >= 0.3 is 0 Å². The van der Waals surface area contributed by atoms with Gasteiger partial charge in [0.1, 0.15) is 0 Å². The first-order chi connectivity index (χ1) is 34.2. The van der Waals surface area contributed by atoms with Crippen molar-refractivity contribution in [2.75, 3.05) is 4.90 Å². The van der Waals surface area contributed by atoms with Gasteiger partial charge in [-0.05, 0) is 160 Å². The molecule has 0 atom stereocenters. The minimum absolute atomic E-state index is 0.398. The first-order valence-electron chi connectivity index (χ1n) is 23.9. The fourth-order valence-corrected chi connectivity index (χ4v) is 13.4. The maximum absolute atomic E-state index is 2.47. The Bertz CT molecular complexity index is 4190. The fraction of sp³-hybridized carbons (Fsp3) is 0.0149. The van der Waals surface area contributed by atoms with E-state index in [-0.39, 0.29) is 0 Å². The molecule has 0 saturated heterocycles. The predicted octanol–water partition coefficient (Wildman–Crippen LogP) is 18.7. The van der Waals surface area contributed by atoms with Crippen LogP contribution in [-0.2, 0) is 5.41 Å². The van der Waals surface area contributed by atoms with Gasteiger partial charge in [-0.1, -0.05) is 188 Å². The molecule has 69 heavy (non-hydrogen) atoms. The smallest absolute Gasteiger partial charge is 0.0725 e. The Morgan fingerprint density at radius 2 is 0.696 bits per heavy atom. The SMILES string of the molecule is c1cc(-c2ccc(N(c3ccc4c(c3)-c3ccccc3C43c4ccccc4-c4ccccc43)c3ccc4c5ccccc5c5ccccc5c4c3)cc2)cc(-c2ccc3sc4ccccc4c3c2)c1. The number of nitrogens with zero attached hydrogens (tertiary/aromatic N) is 1. The van der Waals surface area contributed by atoms with E-state index in [9.17, 15) is 0 Å². The Hall–Kier alpha value is -8.56. The summed E-state index contributed by atoms with van der Waals surface area (Å²) in [5, 5.41) is 10.2. The summed E-state index contributed by atoms with van der Waals surface area (Å²) in [4.78, 5) is 2.47. The molecule has 2 aliphatic carbocycles. The highest BCUT2D eigenvalue weighted by Crippen LogP contribution is 2.63. The Kier molecular flexibility index (Phi) is 8.22. The maximum Gasteiger partial charge on any atom is 0.0725 e. The Labute approximate surface area is 404 Å². The van der Waals surface area contributed by atoms with Crippen LogP contribution in [-0.4, -0.2) is 0 Å². The Morgan fingerprint density at radius 1 is 0.246 bits per heavy atom. The molecule has 0 unspecified atom stereocenters. The molecular weight excluding hydrogens is 851 g/mol. The molecule has 12 aromatic carbocycles. The molecule has 2 aliphatic rings. The van der Waals surface area contributed by atoms with Crippen LogP contribution in [0.5, 0.6) is 0 Å². The van der Waals surface area contributed by atoms with Crippen molar-refractivity contribution in [3.63, 3.8) is 0 Å². The Morgan fingerprint density at radius 3 is 1.36 bits per heavy atom. The highest BCUT2D eigenvalue weighted by molar-refractivity contribution is 7.25. The third kappa shape index (κ3) is 5.52.